The molecule has 1 N–H and O–H groups in total. The number of para-hydroxylation sites is 1. The van der Waals surface area contributed by atoms with Crippen LogP contribution in [0, 0.1) is 4.91 Å². The average molecular weight is 137 g/mol. The number of benzene rings is 1. The maximum Gasteiger partial charge on any atom is 0.120 e. The first-order valence-corrected chi connectivity index (χ1v) is 2.90. The highest BCUT2D eigenvalue weighted by molar-refractivity contribution is 5.31. The van der Waals surface area contributed by atoms with Crippen molar-refractivity contribution in [3.05, 3.63) is 34.7 Å². The van der Waals surface area contributed by atoms with Crippen LogP contribution >= 0.6 is 0 Å². The van der Waals surface area contributed by atoms with E-state index in [2.05, 4.69) is 5.18 Å². The summed E-state index contributed by atoms with van der Waals surface area (Å²) in [5, 5.41) is 11.7. The molecule has 0 aliphatic carbocycles. The van der Waals surface area contributed by atoms with Crippen LogP contribution in [-0.4, -0.2) is 5.11 Å². The standard InChI is InChI=1S/C7H7NO2/c9-7-4-2-1-3-6(7)5-8-10/h1-4,9H,5H2. The number of aromatic hydroxyl groups is 1. The first-order valence-electron chi connectivity index (χ1n) is 2.90. The molecule has 0 unspecified atom stereocenters. The zero-order valence-electron chi connectivity index (χ0n) is 5.32. The number of phenols is 1. The Labute approximate surface area is 58.3 Å². The highest BCUT2D eigenvalue weighted by Crippen LogP contribution is 2.15. The van der Waals surface area contributed by atoms with Gasteiger partial charge in [-0.1, -0.05) is 23.4 Å². The molecule has 52 valence electrons. The van der Waals surface area contributed by atoms with E-state index in [1.807, 2.05) is 0 Å². The van der Waals surface area contributed by atoms with E-state index in [0.717, 1.165) is 0 Å². The van der Waals surface area contributed by atoms with Gasteiger partial charge in [-0.15, -0.1) is 0 Å². The summed E-state index contributed by atoms with van der Waals surface area (Å²) in [6.07, 6.45) is 0. The van der Waals surface area contributed by atoms with Crippen molar-refractivity contribution in [1.29, 1.82) is 0 Å². The van der Waals surface area contributed by atoms with Crippen LogP contribution in [0.2, 0.25) is 0 Å². The highest BCUT2D eigenvalue weighted by atomic mass is 16.3. The van der Waals surface area contributed by atoms with Gasteiger partial charge in [-0.25, -0.2) is 0 Å². The topological polar surface area (TPSA) is 49.7 Å². The van der Waals surface area contributed by atoms with Gasteiger partial charge in [0.05, 0.1) is 0 Å². The molecule has 0 fully saturated rings. The molecule has 0 saturated heterocycles. The first-order chi connectivity index (χ1) is 4.84. The molecule has 1 aromatic rings. The van der Waals surface area contributed by atoms with E-state index in [4.69, 9.17) is 5.11 Å². The molecule has 0 aliphatic rings. The second-order valence-corrected chi connectivity index (χ2v) is 1.92. The van der Waals surface area contributed by atoms with Crippen molar-refractivity contribution in [3.63, 3.8) is 0 Å². The second-order valence-electron chi connectivity index (χ2n) is 1.92. The maximum atomic E-state index is 9.77. The number of rotatable bonds is 2. The van der Waals surface area contributed by atoms with E-state index in [9.17, 15) is 4.91 Å². The molecule has 1 aromatic carbocycles. The number of phenolic OH excluding ortho intramolecular Hbond substituents is 1. The molecule has 0 amide bonds. The van der Waals surface area contributed by atoms with Crippen molar-refractivity contribution >= 4 is 0 Å². The minimum absolute atomic E-state index is 0.0344. The molecule has 0 spiro atoms. The molecule has 0 heterocycles. The fourth-order valence-electron chi connectivity index (χ4n) is 0.714. The van der Waals surface area contributed by atoms with Crippen LogP contribution in [-0.2, 0) is 6.54 Å². The molecule has 0 atom stereocenters. The summed E-state index contributed by atoms with van der Waals surface area (Å²) in [4.78, 5) is 9.77. The maximum absolute atomic E-state index is 9.77. The average Bonchev–Trinajstić information content (AvgIpc) is 1.94. The minimum Gasteiger partial charge on any atom is -0.508 e. The quantitative estimate of drug-likeness (QED) is 0.630. The smallest absolute Gasteiger partial charge is 0.120 e. The van der Waals surface area contributed by atoms with Gasteiger partial charge in [0, 0.05) is 5.56 Å². The van der Waals surface area contributed by atoms with E-state index in [-0.39, 0.29) is 12.3 Å². The van der Waals surface area contributed by atoms with Crippen molar-refractivity contribution in [1.82, 2.24) is 0 Å². The third-order valence-electron chi connectivity index (χ3n) is 1.23. The largest absolute Gasteiger partial charge is 0.508 e. The minimum atomic E-state index is 0.0344. The van der Waals surface area contributed by atoms with Crippen molar-refractivity contribution in [2.45, 2.75) is 6.54 Å². The first kappa shape index (κ1) is 6.74. The van der Waals surface area contributed by atoms with Crippen LogP contribution in [0.25, 0.3) is 0 Å². The van der Waals surface area contributed by atoms with Crippen LogP contribution in [0.4, 0.5) is 0 Å². The molecule has 3 heteroatoms. The lowest BCUT2D eigenvalue weighted by atomic mass is 10.2. The molecule has 1 rings (SSSR count). The fraction of sp³-hybridized carbons (Fsp3) is 0.143. The van der Waals surface area contributed by atoms with E-state index in [1.165, 1.54) is 6.07 Å². The summed E-state index contributed by atoms with van der Waals surface area (Å²) in [5.74, 6) is 0.127. The van der Waals surface area contributed by atoms with Crippen LogP contribution in [0.1, 0.15) is 5.56 Å². The summed E-state index contributed by atoms with van der Waals surface area (Å²) in [5.41, 5.74) is 0.567. The van der Waals surface area contributed by atoms with Gasteiger partial charge in [-0.3, -0.25) is 0 Å². The number of nitroso groups, excluding NO2 is 1. The lowest BCUT2D eigenvalue weighted by Crippen LogP contribution is -1.79. The van der Waals surface area contributed by atoms with E-state index < -0.39 is 0 Å². The van der Waals surface area contributed by atoms with Gasteiger partial charge in [0.1, 0.15) is 12.3 Å². The Balaban J connectivity index is 2.91. The highest BCUT2D eigenvalue weighted by Gasteiger charge is 1.96. The van der Waals surface area contributed by atoms with Gasteiger partial charge in [0.2, 0.25) is 0 Å². The van der Waals surface area contributed by atoms with Crippen molar-refractivity contribution in [2.24, 2.45) is 5.18 Å². The number of hydrogen-bond donors (Lipinski definition) is 1. The van der Waals surface area contributed by atoms with Crippen LogP contribution in [0.5, 0.6) is 5.75 Å². The molecule has 0 saturated carbocycles. The van der Waals surface area contributed by atoms with Crippen LogP contribution in [0.15, 0.2) is 29.4 Å². The lowest BCUT2D eigenvalue weighted by molar-refractivity contribution is 0.468. The molecule has 0 radical (unpaired) electrons. The Morgan fingerprint density at radius 2 is 2.10 bits per heavy atom. The van der Waals surface area contributed by atoms with E-state index >= 15 is 0 Å². The van der Waals surface area contributed by atoms with Gasteiger partial charge < -0.3 is 5.11 Å². The van der Waals surface area contributed by atoms with Crippen LogP contribution < -0.4 is 0 Å². The van der Waals surface area contributed by atoms with Gasteiger partial charge in [-0.2, -0.15) is 4.91 Å². The SMILES string of the molecule is O=NCc1ccccc1O. The monoisotopic (exact) mass is 137 g/mol. The third-order valence-corrected chi connectivity index (χ3v) is 1.23. The van der Waals surface area contributed by atoms with Crippen molar-refractivity contribution in [2.75, 3.05) is 0 Å². The third kappa shape index (κ3) is 1.31. The van der Waals surface area contributed by atoms with Crippen molar-refractivity contribution in [3.8, 4) is 5.75 Å². The molecule has 0 bridgehead atoms. The zero-order valence-corrected chi connectivity index (χ0v) is 5.32. The van der Waals surface area contributed by atoms with Gasteiger partial charge in [-0.05, 0) is 6.07 Å². The summed E-state index contributed by atoms with van der Waals surface area (Å²) in [6, 6.07) is 6.64. The Kier molecular flexibility index (Phi) is 1.99. The predicted octanol–water partition coefficient (Wildman–Crippen LogP) is 1.66. The summed E-state index contributed by atoms with van der Waals surface area (Å²) >= 11 is 0. The Bertz CT molecular complexity index is 235. The fourth-order valence-corrected chi connectivity index (χ4v) is 0.714. The zero-order chi connectivity index (χ0) is 7.40. The van der Waals surface area contributed by atoms with Gasteiger partial charge in [0.15, 0.2) is 0 Å². The second kappa shape index (κ2) is 2.96. The van der Waals surface area contributed by atoms with Gasteiger partial charge >= 0.3 is 0 Å². The molecule has 0 aliphatic heterocycles. The van der Waals surface area contributed by atoms with Crippen LogP contribution in [0.3, 0.4) is 0 Å². The van der Waals surface area contributed by atoms with Crippen molar-refractivity contribution < 1.29 is 5.11 Å². The molecular formula is C7H7NO2. The molecule has 0 aromatic heterocycles. The lowest BCUT2D eigenvalue weighted by Gasteiger charge is -1.95. The molecule has 3 nitrogen and oxygen atoms in total. The predicted molar refractivity (Wildman–Crippen MR) is 37.6 cm³/mol. The normalized spacial score (nSPS) is 9.20. The summed E-state index contributed by atoms with van der Waals surface area (Å²) in [7, 11) is 0. The van der Waals surface area contributed by atoms with Gasteiger partial charge in [0.25, 0.3) is 0 Å². The Morgan fingerprint density at radius 3 is 2.70 bits per heavy atom. The molecular weight excluding hydrogens is 130 g/mol. The Morgan fingerprint density at radius 1 is 1.40 bits per heavy atom. The number of hydrogen-bond acceptors (Lipinski definition) is 3. The molecule has 10 heavy (non-hydrogen) atoms. The van der Waals surface area contributed by atoms with E-state index in [0.29, 0.717) is 5.56 Å². The van der Waals surface area contributed by atoms with E-state index in [1.54, 1.807) is 18.2 Å². The number of nitrogens with zero attached hydrogens (tertiary/aromatic N) is 1. The summed E-state index contributed by atoms with van der Waals surface area (Å²) < 4.78 is 0. The summed E-state index contributed by atoms with van der Waals surface area (Å²) in [6.45, 7) is 0.0344. The Hall–Kier alpha value is -1.38.